The maximum Gasteiger partial charge on any atom is 0.136 e. The average Bonchev–Trinajstić information content (AvgIpc) is 2.70. The van der Waals surface area contributed by atoms with E-state index in [0.29, 0.717) is 0 Å². The van der Waals surface area contributed by atoms with Gasteiger partial charge in [0.15, 0.2) is 0 Å². The van der Waals surface area contributed by atoms with Crippen LogP contribution in [0, 0.1) is 0 Å². The molecule has 0 bridgehead atoms. The lowest BCUT2D eigenvalue weighted by atomic mass is 10.5. The van der Waals surface area contributed by atoms with E-state index in [1.165, 1.54) is 24.3 Å². The van der Waals surface area contributed by atoms with E-state index in [0.717, 1.165) is 72.8 Å². The van der Waals surface area contributed by atoms with Gasteiger partial charge >= 0.3 is 0 Å². The minimum absolute atomic E-state index is 0.808. The summed E-state index contributed by atoms with van der Waals surface area (Å²) < 4.78 is 12.8. The molecule has 0 unspecified atom stereocenters. The number of thioether (sulfide) groups is 2. The number of thiocarbonyl (C=S) groups is 2. The maximum absolute atomic E-state index is 5.49. The zero-order chi connectivity index (χ0) is 18.5. The van der Waals surface area contributed by atoms with Gasteiger partial charge in [-0.05, 0) is 12.8 Å². The lowest BCUT2D eigenvalue weighted by Gasteiger charge is -2.28. The average molecular weight is 473 g/mol. The third-order valence-electron chi connectivity index (χ3n) is 3.82. The lowest BCUT2D eigenvalue weighted by molar-refractivity contribution is 0.0702. The standard InChI is InChI=1S/C16H28N2O2S6/c21-15(17-3-7-19-8-4-17)23-11-1-13-25-26-14-2-12-24-16(22)18-5-9-20-10-6-18/h1-14H2. The first-order valence-corrected chi connectivity index (χ1v) is 14.3. The van der Waals surface area contributed by atoms with E-state index in [4.69, 9.17) is 33.9 Å². The second-order valence-electron chi connectivity index (χ2n) is 5.78. The summed E-state index contributed by atoms with van der Waals surface area (Å²) >= 11 is 14.6. The Balaban J connectivity index is 1.34. The Morgan fingerprint density at radius 2 is 1.04 bits per heavy atom. The van der Waals surface area contributed by atoms with Crippen LogP contribution >= 0.6 is 69.5 Å². The third-order valence-corrected chi connectivity index (χ3v) is 9.61. The summed E-state index contributed by atoms with van der Waals surface area (Å²) in [5.41, 5.74) is 0. The van der Waals surface area contributed by atoms with Crippen LogP contribution in [0.25, 0.3) is 0 Å². The Hall–Kier alpha value is 1.10. The van der Waals surface area contributed by atoms with Crippen LogP contribution in [0.5, 0.6) is 0 Å². The monoisotopic (exact) mass is 472 g/mol. The van der Waals surface area contributed by atoms with Crippen LogP contribution in [0.3, 0.4) is 0 Å². The van der Waals surface area contributed by atoms with Crippen LogP contribution in [0.15, 0.2) is 0 Å². The van der Waals surface area contributed by atoms with Crippen molar-refractivity contribution in [1.29, 1.82) is 0 Å². The minimum Gasteiger partial charge on any atom is -0.378 e. The Kier molecular flexibility index (Phi) is 13.5. The first-order chi connectivity index (χ1) is 12.8. The summed E-state index contributed by atoms with van der Waals surface area (Å²) in [6, 6.07) is 0. The summed E-state index contributed by atoms with van der Waals surface area (Å²) in [5.74, 6) is 4.63. The Morgan fingerprint density at radius 3 is 1.42 bits per heavy atom. The number of hydrogen-bond donors (Lipinski definition) is 0. The molecule has 2 saturated heterocycles. The SMILES string of the molecule is S=C(SCCCSSCCCSC(=S)N1CCOCC1)N1CCOCC1. The number of morpholine rings is 2. The Bertz CT molecular complexity index is 380. The molecule has 0 saturated carbocycles. The Labute approximate surface area is 185 Å². The highest BCUT2D eigenvalue weighted by molar-refractivity contribution is 8.76. The van der Waals surface area contributed by atoms with Crippen molar-refractivity contribution in [3.05, 3.63) is 0 Å². The predicted octanol–water partition coefficient (Wildman–Crippen LogP) is 3.85. The van der Waals surface area contributed by atoms with Crippen molar-refractivity contribution in [2.75, 3.05) is 75.6 Å². The topological polar surface area (TPSA) is 24.9 Å². The van der Waals surface area contributed by atoms with Gasteiger partial charge in [0.1, 0.15) is 8.64 Å². The van der Waals surface area contributed by atoms with E-state index in [2.05, 4.69) is 9.80 Å². The van der Waals surface area contributed by atoms with E-state index in [9.17, 15) is 0 Å². The highest BCUT2D eigenvalue weighted by Gasteiger charge is 2.14. The molecule has 0 amide bonds. The van der Waals surface area contributed by atoms with Gasteiger partial charge in [0.2, 0.25) is 0 Å². The maximum atomic E-state index is 5.49. The second kappa shape index (κ2) is 15.0. The summed E-state index contributed by atoms with van der Waals surface area (Å²) in [6.45, 7) is 7.02. The fraction of sp³-hybridized carbons (Fsp3) is 0.875. The van der Waals surface area contributed by atoms with Crippen LogP contribution in [0.2, 0.25) is 0 Å². The van der Waals surface area contributed by atoms with E-state index in [1.54, 1.807) is 0 Å². The van der Waals surface area contributed by atoms with Gasteiger partial charge in [-0.25, -0.2) is 0 Å². The van der Waals surface area contributed by atoms with Crippen LogP contribution in [-0.4, -0.2) is 94.1 Å². The molecule has 150 valence electrons. The number of rotatable bonds is 9. The van der Waals surface area contributed by atoms with Gasteiger partial charge in [-0.2, -0.15) is 0 Å². The molecule has 4 nitrogen and oxygen atoms in total. The van der Waals surface area contributed by atoms with Crippen molar-refractivity contribution < 1.29 is 9.47 Å². The molecule has 2 heterocycles. The first kappa shape index (κ1) is 23.4. The molecule has 2 aliphatic heterocycles. The normalized spacial score (nSPS) is 18.2. The van der Waals surface area contributed by atoms with Crippen molar-refractivity contribution in [3.63, 3.8) is 0 Å². The van der Waals surface area contributed by atoms with Crippen molar-refractivity contribution in [2.45, 2.75) is 12.8 Å². The minimum atomic E-state index is 0.808. The molecule has 10 heteroatoms. The molecule has 0 N–H and O–H groups in total. The molecular formula is C16H28N2O2S6. The van der Waals surface area contributed by atoms with Gasteiger partial charge in [-0.3, -0.25) is 0 Å². The van der Waals surface area contributed by atoms with Crippen LogP contribution in [-0.2, 0) is 9.47 Å². The quantitative estimate of drug-likeness (QED) is 0.279. The van der Waals surface area contributed by atoms with Gasteiger partial charge in [-0.15, -0.1) is 0 Å². The smallest absolute Gasteiger partial charge is 0.136 e. The van der Waals surface area contributed by atoms with Crippen molar-refractivity contribution in [2.24, 2.45) is 0 Å². The zero-order valence-corrected chi connectivity index (χ0v) is 20.0. The van der Waals surface area contributed by atoms with Crippen LogP contribution < -0.4 is 0 Å². The molecule has 0 aliphatic carbocycles. The number of hydrogen-bond acceptors (Lipinski definition) is 8. The first-order valence-electron chi connectivity index (χ1n) is 9.00. The van der Waals surface area contributed by atoms with Crippen molar-refractivity contribution in [1.82, 2.24) is 9.80 Å². The van der Waals surface area contributed by atoms with Gasteiger partial charge < -0.3 is 19.3 Å². The van der Waals surface area contributed by atoms with E-state index in [1.807, 2.05) is 45.1 Å². The highest BCUT2D eigenvalue weighted by atomic mass is 33.1. The van der Waals surface area contributed by atoms with Gasteiger partial charge in [-0.1, -0.05) is 69.5 Å². The van der Waals surface area contributed by atoms with Gasteiger partial charge in [0.25, 0.3) is 0 Å². The molecule has 0 aromatic carbocycles. The summed E-state index contributed by atoms with van der Waals surface area (Å²) in [5, 5.41) is 0. The second-order valence-corrected chi connectivity index (χ2v) is 11.9. The Morgan fingerprint density at radius 1 is 0.654 bits per heavy atom. The predicted molar refractivity (Wildman–Crippen MR) is 129 cm³/mol. The fourth-order valence-electron chi connectivity index (χ4n) is 2.35. The zero-order valence-electron chi connectivity index (χ0n) is 15.1. The van der Waals surface area contributed by atoms with E-state index >= 15 is 0 Å². The molecule has 0 aromatic rings. The molecule has 0 radical (unpaired) electrons. The molecule has 2 rings (SSSR count). The van der Waals surface area contributed by atoms with E-state index in [-0.39, 0.29) is 0 Å². The van der Waals surface area contributed by atoms with Crippen LogP contribution in [0.1, 0.15) is 12.8 Å². The molecule has 2 aliphatic rings. The van der Waals surface area contributed by atoms with Gasteiger partial charge in [0, 0.05) is 49.2 Å². The van der Waals surface area contributed by atoms with Gasteiger partial charge in [0.05, 0.1) is 26.4 Å². The highest BCUT2D eigenvalue weighted by Crippen LogP contribution is 2.25. The van der Waals surface area contributed by atoms with Crippen molar-refractivity contribution >= 4 is 78.2 Å². The summed E-state index contributed by atoms with van der Waals surface area (Å²) in [7, 11) is 3.97. The largest absolute Gasteiger partial charge is 0.378 e. The van der Waals surface area contributed by atoms with Crippen LogP contribution in [0.4, 0.5) is 0 Å². The molecule has 0 aromatic heterocycles. The lowest BCUT2D eigenvalue weighted by Crippen LogP contribution is -2.38. The summed E-state index contributed by atoms with van der Waals surface area (Å²) in [4.78, 5) is 4.54. The van der Waals surface area contributed by atoms with E-state index < -0.39 is 0 Å². The molecule has 0 atom stereocenters. The molecule has 2 fully saturated rings. The number of ether oxygens (including phenoxy) is 2. The molecule has 0 spiro atoms. The van der Waals surface area contributed by atoms with Crippen molar-refractivity contribution in [3.8, 4) is 0 Å². The fourth-order valence-corrected chi connectivity index (χ4v) is 7.41. The molecular weight excluding hydrogens is 445 g/mol. The molecule has 26 heavy (non-hydrogen) atoms. The summed E-state index contributed by atoms with van der Waals surface area (Å²) in [6.07, 6.45) is 2.42. The number of nitrogens with zero attached hydrogens (tertiary/aromatic N) is 2. The third kappa shape index (κ3) is 10.0.